The van der Waals surface area contributed by atoms with Gasteiger partial charge in [0, 0.05) is 12.5 Å². The molecule has 0 saturated carbocycles. The fourth-order valence-electron chi connectivity index (χ4n) is 2.01. The summed E-state index contributed by atoms with van der Waals surface area (Å²) in [5.74, 6) is 0.844. The maximum Gasteiger partial charge on any atom is 0.199 e. The van der Waals surface area contributed by atoms with E-state index >= 15 is 0 Å². The number of ether oxygens (including phenoxy) is 1. The lowest BCUT2D eigenvalue weighted by Gasteiger charge is -2.17. The molecule has 0 radical (unpaired) electrons. The molecule has 2 rings (SSSR count). The quantitative estimate of drug-likeness (QED) is 0.428. The summed E-state index contributed by atoms with van der Waals surface area (Å²) in [5.41, 5.74) is 1.96. The van der Waals surface area contributed by atoms with Crippen molar-refractivity contribution in [2.45, 2.75) is 25.7 Å². The molecule has 1 aliphatic carbocycles. The van der Waals surface area contributed by atoms with Crippen LogP contribution in [-0.4, -0.2) is 6.61 Å². The number of nitrogens with zero attached hydrogens (tertiary/aromatic N) is 1. The van der Waals surface area contributed by atoms with Crippen molar-refractivity contribution in [3.8, 4) is 5.75 Å². The van der Waals surface area contributed by atoms with Crippen molar-refractivity contribution >= 4 is 0 Å². The lowest BCUT2D eigenvalue weighted by molar-refractivity contribution is -0.615. The minimum Gasteiger partial charge on any atom is -0.618 e. The molecule has 0 atom stereocenters. The minimum atomic E-state index is 0.495. The number of rotatable bonds is 3. The summed E-state index contributed by atoms with van der Waals surface area (Å²) in [6.07, 6.45) is 7.30. The van der Waals surface area contributed by atoms with Gasteiger partial charge in [0.1, 0.15) is 12.4 Å². The van der Waals surface area contributed by atoms with E-state index in [2.05, 4.69) is 6.58 Å². The van der Waals surface area contributed by atoms with Gasteiger partial charge in [-0.05, 0) is 19.3 Å². The normalized spacial score (nSPS) is 14.4. The predicted octanol–water partition coefficient (Wildman–Crippen LogP) is 1.76. The summed E-state index contributed by atoms with van der Waals surface area (Å²) in [6.45, 7) is 4.11. The Morgan fingerprint density at radius 1 is 1.47 bits per heavy atom. The van der Waals surface area contributed by atoms with Crippen LogP contribution in [0.15, 0.2) is 24.9 Å². The molecule has 15 heavy (non-hydrogen) atoms. The highest BCUT2D eigenvalue weighted by Crippen LogP contribution is 2.26. The van der Waals surface area contributed by atoms with Crippen LogP contribution in [0.25, 0.3) is 0 Å². The first kappa shape index (κ1) is 10.0. The van der Waals surface area contributed by atoms with Gasteiger partial charge in [0.05, 0.1) is 5.56 Å². The Bertz CT molecular complexity index is 374. The van der Waals surface area contributed by atoms with Crippen molar-refractivity contribution in [3.05, 3.63) is 41.4 Å². The van der Waals surface area contributed by atoms with Crippen LogP contribution in [0.2, 0.25) is 0 Å². The van der Waals surface area contributed by atoms with Crippen LogP contribution in [-0.2, 0) is 12.8 Å². The van der Waals surface area contributed by atoms with E-state index in [0.29, 0.717) is 6.61 Å². The first-order chi connectivity index (χ1) is 7.33. The molecule has 1 aromatic heterocycles. The van der Waals surface area contributed by atoms with Gasteiger partial charge < -0.3 is 9.94 Å². The van der Waals surface area contributed by atoms with E-state index in [-0.39, 0.29) is 0 Å². The average molecular weight is 205 g/mol. The van der Waals surface area contributed by atoms with Crippen molar-refractivity contribution in [1.29, 1.82) is 0 Å². The zero-order chi connectivity index (χ0) is 10.7. The smallest absolute Gasteiger partial charge is 0.199 e. The van der Waals surface area contributed by atoms with E-state index in [1.165, 1.54) is 6.20 Å². The standard InChI is InChI=1S/C12H15NO2/c1-2-9-15-12-7-8-13(14)11-6-4-3-5-10(11)12/h2,7-8H,1,3-6,9H2. The zero-order valence-electron chi connectivity index (χ0n) is 8.74. The molecular weight excluding hydrogens is 190 g/mol. The Morgan fingerprint density at radius 2 is 2.27 bits per heavy atom. The molecule has 0 N–H and O–H groups in total. The second kappa shape index (κ2) is 4.34. The lowest BCUT2D eigenvalue weighted by Crippen LogP contribution is -2.34. The minimum absolute atomic E-state index is 0.495. The first-order valence-electron chi connectivity index (χ1n) is 5.30. The fourth-order valence-corrected chi connectivity index (χ4v) is 2.01. The topological polar surface area (TPSA) is 36.2 Å². The van der Waals surface area contributed by atoms with Crippen LogP contribution in [0.5, 0.6) is 5.75 Å². The van der Waals surface area contributed by atoms with Gasteiger partial charge in [-0.1, -0.05) is 12.7 Å². The Kier molecular flexibility index (Phi) is 2.90. The van der Waals surface area contributed by atoms with Crippen LogP contribution < -0.4 is 9.47 Å². The summed E-state index contributed by atoms with van der Waals surface area (Å²) < 4.78 is 6.51. The number of fused-ring (bicyclic) bond motifs is 1. The van der Waals surface area contributed by atoms with Gasteiger partial charge in [0.15, 0.2) is 11.9 Å². The molecule has 80 valence electrons. The van der Waals surface area contributed by atoms with Gasteiger partial charge in [-0.3, -0.25) is 0 Å². The summed E-state index contributed by atoms with van der Waals surface area (Å²) in [4.78, 5) is 0. The number of aromatic nitrogens is 1. The third-order valence-electron chi connectivity index (χ3n) is 2.72. The fraction of sp³-hybridized carbons (Fsp3) is 0.417. The van der Waals surface area contributed by atoms with Gasteiger partial charge in [0.2, 0.25) is 0 Å². The summed E-state index contributed by atoms with van der Waals surface area (Å²) in [7, 11) is 0. The maximum atomic E-state index is 11.5. The molecule has 0 aliphatic heterocycles. The maximum absolute atomic E-state index is 11.5. The van der Waals surface area contributed by atoms with E-state index in [1.54, 1.807) is 12.1 Å². The summed E-state index contributed by atoms with van der Waals surface area (Å²) in [5, 5.41) is 11.5. The van der Waals surface area contributed by atoms with Gasteiger partial charge in [-0.15, -0.1) is 0 Å². The highest BCUT2D eigenvalue weighted by Gasteiger charge is 2.21. The SMILES string of the molecule is C=CCOc1cc[n+]([O-])c2c1CCCC2. The lowest BCUT2D eigenvalue weighted by atomic mass is 9.95. The molecule has 1 heterocycles. The summed E-state index contributed by atoms with van der Waals surface area (Å²) >= 11 is 0. The highest BCUT2D eigenvalue weighted by molar-refractivity contribution is 5.35. The van der Waals surface area contributed by atoms with E-state index in [4.69, 9.17) is 4.74 Å². The first-order valence-corrected chi connectivity index (χ1v) is 5.30. The van der Waals surface area contributed by atoms with E-state index in [9.17, 15) is 5.21 Å². The summed E-state index contributed by atoms with van der Waals surface area (Å²) in [6, 6.07) is 1.75. The monoisotopic (exact) mass is 205 g/mol. The average Bonchev–Trinajstić information content (AvgIpc) is 2.29. The van der Waals surface area contributed by atoms with Crippen molar-refractivity contribution in [1.82, 2.24) is 0 Å². The van der Waals surface area contributed by atoms with Crippen molar-refractivity contribution in [2.75, 3.05) is 6.61 Å². The van der Waals surface area contributed by atoms with Crippen molar-refractivity contribution in [3.63, 3.8) is 0 Å². The molecule has 0 aromatic carbocycles. The van der Waals surface area contributed by atoms with E-state index < -0.39 is 0 Å². The van der Waals surface area contributed by atoms with E-state index in [0.717, 1.165) is 47.4 Å². The number of hydrogen-bond acceptors (Lipinski definition) is 2. The van der Waals surface area contributed by atoms with E-state index in [1.807, 2.05) is 0 Å². The number of pyridine rings is 1. The Hall–Kier alpha value is -1.51. The molecule has 1 aliphatic rings. The van der Waals surface area contributed by atoms with Crippen LogP contribution >= 0.6 is 0 Å². The van der Waals surface area contributed by atoms with Gasteiger partial charge in [-0.2, -0.15) is 4.73 Å². The van der Waals surface area contributed by atoms with Crippen LogP contribution in [0.3, 0.4) is 0 Å². The highest BCUT2D eigenvalue weighted by atomic mass is 16.5. The van der Waals surface area contributed by atoms with Gasteiger partial charge in [-0.25, -0.2) is 0 Å². The Balaban J connectivity index is 2.34. The number of hydrogen-bond donors (Lipinski definition) is 0. The molecule has 1 aromatic rings. The molecule has 0 saturated heterocycles. The molecule has 0 unspecified atom stereocenters. The third-order valence-corrected chi connectivity index (χ3v) is 2.72. The Morgan fingerprint density at radius 3 is 3.07 bits per heavy atom. The van der Waals surface area contributed by atoms with Crippen LogP contribution in [0.4, 0.5) is 0 Å². The van der Waals surface area contributed by atoms with Crippen molar-refractivity contribution in [2.24, 2.45) is 0 Å². The van der Waals surface area contributed by atoms with Crippen molar-refractivity contribution < 1.29 is 9.47 Å². The zero-order valence-corrected chi connectivity index (χ0v) is 8.74. The Labute approximate surface area is 89.6 Å². The van der Waals surface area contributed by atoms with Crippen LogP contribution in [0.1, 0.15) is 24.1 Å². The molecule has 3 nitrogen and oxygen atoms in total. The molecule has 0 amide bonds. The molecule has 0 spiro atoms. The largest absolute Gasteiger partial charge is 0.618 e. The second-order valence-electron chi connectivity index (χ2n) is 3.74. The third kappa shape index (κ3) is 1.96. The second-order valence-corrected chi connectivity index (χ2v) is 3.74. The predicted molar refractivity (Wildman–Crippen MR) is 57.7 cm³/mol. The molecule has 3 heteroatoms. The van der Waals surface area contributed by atoms with Crippen LogP contribution in [0, 0.1) is 5.21 Å². The van der Waals surface area contributed by atoms with Gasteiger partial charge >= 0.3 is 0 Å². The molecule has 0 fully saturated rings. The molecule has 0 bridgehead atoms. The van der Waals surface area contributed by atoms with Gasteiger partial charge in [0.25, 0.3) is 0 Å². The molecular formula is C12H15NO2.